The van der Waals surface area contributed by atoms with E-state index in [2.05, 4.69) is 4.98 Å². The first-order chi connectivity index (χ1) is 15.6. The standard InChI is InChI=1S/C23H20F4N4O2/c1-14(2)11-30-21(32)19-20(31(22(30)33)18-9-7-17(24)8-10-18)28-13-29(19)12-15-3-5-16(6-4-15)23(25,26)27/h3-10,13-14H,11-12H2,1-2H3. The van der Waals surface area contributed by atoms with Crippen molar-refractivity contribution in [2.24, 2.45) is 5.92 Å². The Labute approximate surface area is 185 Å². The van der Waals surface area contributed by atoms with Crippen LogP contribution in [0.1, 0.15) is 25.0 Å². The van der Waals surface area contributed by atoms with Crippen LogP contribution in [0.3, 0.4) is 0 Å². The van der Waals surface area contributed by atoms with Crippen molar-refractivity contribution in [3.63, 3.8) is 0 Å². The van der Waals surface area contributed by atoms with Gasteiger partial charge in [0, 0.05) is 13.1 Å². The normalized spacial score (nSPS) is 12.1. The van der Waals surface area contributed by atoms with Crippen molar-refractivity contribution in [1.29, 1.82) is 0 Å². The maximum absolute atomic E-state index is 13.4. The number of imidazole rings is 1. The van der Waals surface area contributed by atoms with Gasteiger partial charge in [-0.25, -0.2) is 18.7 Å². The smallest absolute Gasteiger partial charge is 0.320 e. The second-order valence-electron chi connectivity index (χ2n) is 8.14. The van der Waals surface area contributed by atoms with Gasteiger partial charge in [0.2, 0.25) is 0 Å². The summed E-state index contributed by atoms with van der Waals surface area (Å²) in [6.45, 7) is 3.95. The Morgan fingerprint density at radius 1 is 0.970 bits per heavy atom. The van der Waals surface area contributed by atoms with Gasteiger partial charge in [0.05, 0.1) is 17.6 Å². The van der Waals surface area contributed by atoms with Gasteiger partial charge in [-0.3, -0.25) is 9.36 Å². The molecule has 10 heteroatoms. The third-order valence-electron chi connectivity index (χ3n) is 5.17. The van der Waals surface area contributed by atoms with Crippen LogP contribution in [-0.4, -0.2) is 18.7 Å². The van der Waals surface area contributed by atoms with Crippen LogP contribution in [0.4, 0.5) is 17.6 Å². The molecule has 2 aromatic heterocycles. The Balaban J connectivity index is 1.89. The third-order valence-corrected chi connectivity index (χ3v) is 5.17. The number of alkyl halides is 3. The molecule has 0 fully saturated rings. The van der Waals surface area contributed by atoms with E-state index in [-0.39, 0.29) is 30.2 Å². The largest absolute Gasteiger partial charge is 0.416 e. The van der Waals surface area contributed by atoms with E-state index in [0.29, 0.717) is 11.3 Å². The van der Waals surface area contributed by atoms with E-state index in [1.165, 1.54) is 51.9 Å². The Morgan fingerprint density at radius 3 is 2.18 bits per heavy atom. The summed E-state index contributed by atoms with van der Waals surface area (Å²) in [5, 5.41) is 0. The van der Waals surface area contributed by atoms with E-state index < -0.39 is 28.8 Å². The molecule has 0 saturated heterocycles. The first-order valence-electron chi connectivity index (χ1n) is 10.2. The molecule has 33 heavy (non-hydrogen) atoms. The molecule has 0 aliphatic carbocycles. The van der Waals surface area contributed by atoms with Gasteiger partial charge in [-0.15, -0.1) is 0 Å². The number of rotatable bonds is 5. The summed E-state index contributed by atoms with van der Waals surface area (Å²) in [7, 11) is 0. The second-order valence-corrected chi connectivity index (χ2v) is 8.14. The van der Waals surface area contributed by atoms with Crippen LogP contribution < -0.4 is 11.2 Å². The second kappa shape index (κ2) is 8.34. The molecular weight excluding hydrogens is 440 g/mol. The number of benzene rings is 2. The molecule has 2 aromatic carbocycles. The summed E-state index contributed by atoms with van der Waals surface area (Å²) >= 11 is 0. The third kappa shape index (κ3) is 4.33. The molecular formula is C23H20F4N4O2. The molecule has 0 amide bonds. The molecule has 0 aliphatic heterocycles. The minimum absolute atomic E-state index is 0.0131. The van der Waals surface area contributed by atoms with Crippen LogP contribution in [0.25, 0.3) is 16.9 Å². The van der Waals surface area contributed by atoms with Gasteiger partial charge in [0.15, 0.2) is 11.2 Å². The van der Waals surface area contributed by atoms with E-state index in [1.807, 2.05) is 13.8 Å². The highest BCUT2D eigenvalue weighted by Crippen LogP contribution is 2.29. The summed E-state index contributed by atoms with van der Waals surface area (Å²) < 4.78 is 55.9. The maximum atomic E-state index is 13.4. The highest BCUT2D eigenvalue weighted by Gasteiger charge is 2.30. The highest BCUT2D eigenvalue weighted by atomic mass is 19.4. The first kappa shape index (κ1) is 22.5. The Bertz CT molecular complexity index is 1410. The van der Waals surface area contributed by atoms with E-state index in [9.17, 15) is 27.2 Å². The van der Waals surface area contributed by atoms with Crippen molar-refractivity contribution in [1.82, 2.24) is 18.7 Å². The predicted octanol–water partition coefficient (Wildman–Crippen LogP) is 4.21. The molecule has 6 nitrogen and oxygen atoms in total. The molecule has 0 aliphatic rings. The minimum atomic E-state index is -4.45. The summed E-state index contributed by atoms with van der Waals surface area (Å²) in [5.41, 5.74) is -0.853. The molecule has 0 N–H and O–H groups in total. The van der Waals surface area contributed by atoms with Crippen molar-refractivity contribution in [2.75, 3.05) is 0 Å². The quantitative estimate of drug-likeness (QED) is 0.419. The molecule has 4 rings (SSSR count). The van der Waals surface area contributed by atoms with Gasteiger partial charge in [-0.2, -0.15) is 13.2 Å². The van der Waals surface area contributed by atoms with Crippen molar-refractivity contribution in [3.8, 4) is 5.69 Å². The van der Waals surface area contributed by atoms with Crippen molar-refractivity contribution < 1.29 is 17.6 Å². The number of hydrogen-bond donors (Lipinski definition) is 0. The van der Waals surface area contributed by atoms with Crippen LogP contribution in [0.15, 0.2) is 64.4 Å². The number of halogens is 4. The molecule has 0 bridgehead atoms. The van der Waals surface area contributed by atoms with Crippen LogP contribution in [0.5, 0.6) is 0 Å². The zero-order valence-electron chi connectivity index (χ0n) is 17.8. The predicted molar refractivity (Wildman–Crippen MR) is 115 cm³/mol. The lowest BCUT2D eigenvalue weighted by Crippen LogP contribution is -2.41. The molecule has 0 unspecified atom stereocenters. The van der Waals surface area contributed by atoms with E-state index in [4.69, 9.17) is 0 Å². The van der Waals surface area contributed by atoms with Gasteiger partial charge in [0.25, 0.3) is 5.56 Å². The zero-order chi connectivity index (χ0) is 23.9. The molecule has 172 valence electrons. The lowest BCUT2D eigenvalue weighted by atomic mass is 10.1. The summed E-state index contributed by atoms with van der Waals surface area (Å²) in [4.78, 5) is 30.7. The summed E-state index contributed by atoms with van der Waals surface area (Å²) in [6, 6.07) is 9.83. The summed E-state index contributed by atoms with van der Waals surface area (Å²) in [6.07, 6.45) is -3.08. The lowest BCUT2D eigenvalue weighted by Gasteiger charge is -2.14. The lowest BCUT2D eigenvalue weighted by molar-refractivity contribution is -0.137. The SMILES string of the molecule is CC(C)Cn1c(=O)c2c(ncn2Cc2ccc(C(F)(F)F)cc2)n(-c2ccc(F)cc2)c1=O. The average molecular weight is 460 g/mol. The number of hydrogen-bond acceptors (Lipinski definition) is 3. The van der Waals surface area contributed by atoms with Crippen LogP contribution in [0, 0.1) is 11.7 Å². The van der Waals surface area contributed by atoms with Gasteiger partial charge in [-0.05, 0) is 47.9 Å². The van der Waals surface area contributed by atoms with Crippen molar-refractivity contribution in [2.45, 2.75) is 33.1 Å². The summed E-state index contributed by atoms with van der Waals surface area (Å²) in [5.74, 6) is -0.493. The highest BCUT2D eigenvalue weighted by molar-refractivity contribution is 5.72. The average Bonchev–Trinajstić information content (AvgIpc) is 3.15. The topological polar surface area (TPSA) is 61.8 Å². The van der Waals surface area contributed by atoms with Crippen molar-refractivity contribution in [3.05, 3.63) is 92.6 Å². The first-order valence-corrected chi connectivity index (χ1v) is 10.2. The van der Waals surface area contributed by atoms with Gasteiger partial charge < -0.3 is 4.57 Å². The van der Waals surface area contributed by atoms with Gasteiger partial charge in [0.1, 0.15) is 5.82 Å². The van der Waals surface area contributed by atoms with Crippen LogP contribution in [-0.2, 0) is 19.3 Å². The fourth-order valence-electron chi connectivity index (χ4n) is 3.64. The van der Waals surface area contributed by atoms with Crippen LogP contribution in [0.2, 0.25) is 0 Å². The number of nitrogens with zero attached hydrogens (tertiary/aromatic N) is 4. The van der Waals surface area contributed by atoms with E-state index in [1.54, 1.807) is 0 Å². The molecule has 0 radical (unpaired) electrons. The van der Waals surface area contributed by atoms with E-state index in [0.717, 1.165) is 16.7 Å². The molecule has 2 heterocycles. The molecule has 0 saturated carbocycles. The Kier molecular flexibility index (Phi) is 5.69. The Morgan fingerprint density at radius 2 is 1.61 bits per heavy atom. The monoisotopic (exact) mass is 460 g/mol. The fourth-order valence-corrected chi connectivity index (χ4v) is 3.64. The molecule has 0 atom stereocenters. The van der Waals surface area contributed by atoms with Gasteiger partial charge >= 0.3 is 11.9 Å². The maximum Gasteiger partial charge on any atom is 0.416 e. The zero-order valence-corrected chi connectivity index (χ0v) is 17.8. The molecule has 4 aromatic rings. The number of fused-ring (bicyclic) bond motifs is 1. The Hall–Kier alpha value is -3.69. The minimum Gasteiger partial charge on any atom is -0.320 e. The van der Waals surface area contributed by atoms with Crippen LogP contribution >= 0.6 is 0 Å². The van der Waals surface area contributed by atoms with Crippen molar-refractivity contribution >= 4 is 11.2 Å². The molecule has 0 spiro atoms. The van der Waals surface area contributed by atoms with Gasteiger partial charge in [-0.1, -0.05) is 26.0 Å². The van der Waals surface area contributed by atoms with E-state index >= 15 is 0 Å². The fraction of sp³-hybridized carbons (Fsp3) is 0.261. The number of aromatic nitrogens is 4.